The lowest BCUT2D eigenvalue weighted by Crippen LogP contribution is -2.31. The number of carbonyl (C=O) groups excluding carboxylic acids is 2. The third-order valence-corrected chi connectivity index (χ3v) is 10.4. The molecule has 9 nitrogen and oxygen atoms in total. The molecular formula is C37H38N4O5S2. The van der Waals surface area contributed by atoms with Crippen LogP contribution in [0.4, 0.5) is 11.4 Å². The predicted molar refractivity (Wildman–Crippen MR) is 190 cm³/mol. The number of aliphatic hydroxyl groups is 1. The molecule has 1 aliphatic heterocycles. The first-order chi connectivity index (χ1) is 23.4. The number of thiazole rings is 1. The number of hydrogen-bond donors (Lipinski definition) is 4. The van der Waals surface area contributed by atoms with Crippen LogP contribution in [-0.2, 0) is 32.2 Å². The van der Waals surface area contributed by atoms with Crippen molar-refractivity contribution in [1.29, 1.82) is 0 Å². The summed E-state index contributed by atoms with van der Waals surface area (Å²) in [5.41, 5.74) is 11.7. The molecule has 1 aliphatic rings. The number of benzene rings is 4. The Bertz CT molecular complexity index is 1800. The van der Waals surface area contributed by atoms with Gasteiger partial charge in [-0.2, -0.15) is 0 Å². The van der Waals surface area contributed by atoms with Crippen LogP contribution in [0.5, 0.6) is 0 Å². The first-order valence-corrected chi connectivity index (χ1v) is 17.7. The van der Waals surface area contributed by atoms with Gasteiger partial charge >= 0.3 is 0 Å². The topological polar surface area (TPSA) is 136 Å². The lowest BCUT2D eigenvalue weighted by molar-refractivity contribution is -0.245. The van der Waals surface area contributed by atoms with Gasteiger partial charge in [0, 0.05) is 37.1 Å². The van der Waals surface area contributed by atoms with Crippen LogP contribution in [-0.4, -0.2) is 33.8 Å². The van der Waals surface area contributed by atoms with Crippen LogP contribution < -0.4 is 16.4 Å². The number of anilines is 2. The number of nitrogens with one attached hydrogen (secondary N) is 2. The summed E-state index contributed by atoms with van der Waals surface area (Å²) in [5, 5.41) is 15.2. The first-order valence-electron chi connectivity index (χ1n) is 15.9. The number of rotatable bonds is 13. The monoisotopic (exact) mass is 682 g/mol. The van der Waals surface area contributed by atoms with Crippen molar-refractivity contribution < 1.29 is 24.2 Å². The number of amides is 2. The lowest BCUT2D eigenvalue weighted by Gasteiger charge is -2.36. The lowest BCUT2D eigenvalue weighted by atomic mass is 10.0. The number of aromatic nitrogens is 1. The van der Waals surface area contributed by atoms with Crippen LogP contribution in [0.1, 0.15) is 60.3 Å². The molecule has 0 bridgehead atoms. The van der Waals surface area contributed by atoms with Gasteiger partial charge in [-0.25, -0.2) is 4.98 Å². The zero-order chi connectivity index (χ0) is 33.3. The minimum absolute atomic E-state index is 0.00633. The van der Waals surface area contributed by atoms with Crippen molar-refractivity contribution in [2.24, 2.45) is 0 Å². The van der Waals surface area contributed by atoms with E-state index in [-0.39, 0.29) is 43.5 Å². The number of nitrogen functional groups attached to an aromatic ring is 1. The first kappa shape index (κ1) is 33.6. The van der Waals surface area contributed by atoms with E-state index in [4.69, 9.17) is 20.2 Å². The minimum atomic E-state index is -0.566. The Kier molecular flexibility index (Phi) is 11.4. The molecule has 4 aromatic carbocycles. The van der Waals surface area contributed by atoms with E-state index in [0.29, 0.717) is 30.8 Å². The highest BCUT2D eigenvalue weighted by molar-refractivity contribution is 8.01. The highest BCUT2D eigenvalue weighted by Crippen LogP contribution is 2.40. The maximum absolute atomic E-state index is 12.5. The van der Waals surface area contributed by atoms with Crippen LogP contribution in [0.15, 0.2) is 101 Å². The van der Waals surface area contributed by atoms with E-state index >= 15 is 0 Å². The Balaban J connectivity index is 1.03. The number of thioether (sulfide) groups is 1. The maximum Gasteiger partial charge on any atom is 0.224 e. The molecule has 2 heterocycles. The van der Waals surface area contributed by atoms with E-state index < -0.39 is 6.29 Å². The largest absolute Gasteiger partial charge is 0.397 e. The number of fused-ring (bicyclic) bond motifs is 1. The van der Waals surface area contributed by atoms with Gasteiger partial charge < -0.3 is 30.9 Å². The van der Waals surface area contributed by atoms with Gasteiger partial charge in [0.05, 0.1) is 40.4 Å². The molecule has 0 unspecified atom stereocenters. The molecule has 1 aromatic heterocycles. The quantitative estimate of drug-likeness (QED) is 0.0761. The van der Waals surface area contributed by atoms with Crippen LogP contribution in [0, 0.1) is 0 Å². The minimum Gasteiger partial charge on any atom is -0.397 e. The van der Waals surface area contributed by atoms with E-state index in [1.807, 2.05) is 66.7 Å². The summed E-state index contributed by atoms with van der Waals surface area (Å²) in [4.78, 5) is 29.5. The zero-order valence-corrected chi connectivity index (χ0v) is 28.0. The third-order valence-electron chi connectivity index (χ3n) is 8.07. The summed E-state index contributed by atoms with van der Waals surface area (Å²) >= 11 is 3.39. The maximum atomic E-state index is 12.5. The second-order valence-electron chi connectivity index (χ2n) is 11.6. The Morgan fingerprint density at radius 2 is 1.58 bits per heavy atom. The van der Waals surface area contributed by atoms with Gasteiger partial charge in [-0.3, -0.25) is 9.59 Å². The van der Waals surface area contributed by atoms with E-state index in [9.17, 15) is 14.7 Å². The summed E-state index contributed by atoms with van der Waals surface area (Å²) in [6.45, 7) is 0.368. The Morgan fingerprint density at radius 3 is 2.35 bits per heavy atom. The summed E-state index contributed by atoms with van der Waals surface area (Å²) in [7, 11) is 0. The summed E-state index contributed by atoms with van der Waals surface area (Å²) in [6, 6.07) is 31.0. The van der Waals surface area contributed by atoms with E-state index in [1.54, 1.807) is 47.4 Å². The molecule has 5 N–H and O–H groups in total. The zero-order valence-electron chi connectivity index (χ0n) is 26.3. The molecule has 6 rings (SSSR count). The number of aliphatic hydroxyl groups excluding tert-OH is 1. The molecule has 1 saturated heterocycles. The van der Waals surface area contributed by atoms with Crippen molar-refractivity contribution in [3.63, 3.8) is 0 Å². The van der Waals surface area contributed by atoms with Crippen molar-refractivity contribution in [3.8, 4) is 0 Å². The fraction of sp³-hybridized carbons (Fsp3) is 0.270. The number of carbonyl (C=O) groups is 2. The van der Waals surface area contributed by atoms with E-state index in [2.05, 4.69) is 16.7 Å². The number of nitrogens with zero attached hydrogens (tertiary/aromatic N) is 1. The number of nitrogens with two attached hydrogens (primary N) is 1. The molecule has 3 atom stereocenters. The van der Waals surface area contributed by atoms with Crippen LogP contribution >= 0.6 is 23.1 Å². The van der Waals surface area contributed by atoms with E-state index in [1.165, 1.54) is 4.70 Å². The number of para-hydroxylation sites is 3. The molecule has 2 amide bonds. The molecule has 11 heteroatoms. The van der Waals surface area contributed by atoms with Crippen LogP contribution in [0.3, 0.4) is 0 Å². The number of hydrogen-bond acceptors (Lipinski definition) is 9. The van der Waals surface area contributed by atoms with Gasteiger partial charge in [0.25, 0.3) is 0 Å². The Morgan fingerprint density at radius 1 is 0.875 bits per heavy atom. The van der Waals surface area contributed by atoms with E-state index in [0.717, 1.165) is 37.9 Å². The van der Waals surface area contributed by atoms with Gasteiger partial charge in [-0.05, 0) is 47.4 Å². The summed E-state index contributed by atoms with van der Waals surface area (Å²) in [5.74, 6) is 0.441. The van der Waals surface area contributed by atoms with Crippen molar-refractivity contribution in [3.05, 3.63) is 119 Å². The van der Waals surface area contributed by atoms with Crippen molar-refractivity contribution >= 4 is 56.5 Å². The Hall–Kier alpha value is -4.26. The molecule has 0 radical (unpaired) electrons. The predicted octanol–water partition coefficient (Wildman–Crippen LogP) is 7.13. The highest BCUT2D eigenvalue weighted by Gasteiger charge is 2.32. The fourth-order valence-electron chi connectivity index (χ4n) is 5.41. The normalized spacial score (nSPS) is 17.6. The summed E-state index contributed by atoms with van der Waals surface area (Å²) in [6.07, 6.45) is 0.781. The van der Waals surface area contributed by atoms with Crippen LogP contribution in [0.25, 0.3) is 10.2 Å². The molecular weight excluding hydrogens is 645 g/mol. The molecule has 5 aromatic rings. The molecule has 0 saturated carbocycles. The van der Waals surface area contributed by atoms with Gasteiger partial charge in [0.1, 0.15) is 0 Å². The second-order valence-corrected chi connectivity index (χ2v) is 13.9. The highest BCUT2D eigenvalue weighted by atomic mass is 32.2. The fourth-order valence-corrected chi connectivity index (χ4v) is 7.53. The smallest absolute Gasteiger partial charge is 0.224 e. The molecule has 48 heavy (non-hydrogen) atoms. The second kappa shape index (κ2) is 16.2. The van der Waals surface area contributed by atoms with Gasteiger partial charge in [-0.15, -0.1) is 11.3 Å². The molecule has 0 spiro atoms. The average Bonchev–Trinajstić information content (AvgIpc) is 3.54. The summed E-state index contributed by atoms with van der Waals surface area (Å²) < 4.78 is 15.2. The van der Waals surface area contributed by atoms with Crippen molar-refractivity contribution in [2.75, 3.05) is 16.8 Å². The average molecular weight is 683 g/mol. The van der Waals surface area contributed by atoms with Crippen molar-refractivity contribution in [2.45, 2.75) is 61.7 Å². The van der Waals surface area contributed by atoms with Gasteiger partial charge in [0.15, 0.2) is 10.6 Å². The molecule has 1 fully saturated rings. The third kappa shape index (κ3) is 9.00. The standard InChI is InChI=1S/C37H38N4O5S2/c38-29-6-1-2-7-30(29)40-35(44)11-5-10-34(43)39-21-24-12-18-27(19-13-24)36-45-28(20-32(46-36)26-16-14-25(22-42)15-17-26)23-47-37-41-31-8-3-4-9-33(31)48-37/h1-4,6-9,12-19,28,32,36,42H,5,10-11,20-23,38H2,(H,39,43)(H,40,44)/t28-,32+,36+/m1/s1. The molecule has 248 valence electrons. The van der Waals surface area contributed by atoms with Crippen molar-refractivity contribution in [1.82, 2.24) is 10.3 Å². The molecule has 0 aliphatic carbocycles. The van der Waals surface area contributed by atoms with Gasteiger partial charge in [-0.1, -0.05) is 84.6 Å². The number of ether oxygens (including phenoxy) is 2. The van der Waals surface area contributed by atoms with Gasteiger partial charge in [0.2, 0.25) is 11.8 Å². The Labute approximate surface area is 287 Å². The van der Waals surface area contributed by atoms with Crippen LogP contribution in [0.2, 0.25) is 0 Å². The SMILES string of the molecule is Nc1ccccc1NC(=O)CCCC(=O)NCc1ccc([C@H]2O[C@@H](CSc3nc4ccccc4s3)C[C@@H](c3ccc(CO)cc3)O2)cc1.